The molecule has 2 aromatic rings. The molecule has 0 fully saturated rings. The minimum atomic E-state index is -0.777. The van der Waals surface area contributed by atoms with Crippen LogP contribution in [0.25, 0.3) is 0 Å². The van der Waals surface area contributed by atoms with Gasteiger partial charge in [0.2, 0.25) is 5.91 Å². The topological polar surface area (TPSA) is 87.7 Å². The average molecular weight is 381 g/mol. The predicted octanol–water partition coefficient (Wildman–Crippen LogP) is 1.74. The molecule has 0 radical (unpaired) electrons. The molecule has 1 aliphatic heterocycles. The molecule has 0 saturated heterocycles. The highest BCUT2D eigenvalue weighted by Crippen LogP contribution is 2.28. The van der Waals surface area contributed by atoms with Gasteiger partial charge in [0.15, 0.2) is 0 Å². The summed E-state index contributed by atoms with van der Waals surface area (Å²) in [6.45, 7) is 0.0228. The van der Waals surface area contributed by atoms with E-state index in [0.717, 1.165) is 11.3 Å². The number of methoxy groups -OCH3 is 1. The normalized spacial score (nSPS) is 15.8. The molecule has 28 heavy (non-hydrogen) atoms. The van der Waals surface area contributed by atoms with Gasteiger partial charge in [-0.1, -0.05) is 42.5 Å². The van der Waals surface area contributed by atoms with E-state index in [1.807, 2.05) is 42.5 Å². The first-order chi connectivity index (χ1) is 13.6. The second-order valence-electron chi connectivity index (χ2n) is 6.50. The fourth-order valence-corrected chi connectivity index (χ4v) is 3.10. The number of ether oxygens (including phenoxy) is 1. The van der Waals surface area contributed by atoms with Crippen molar-refractivity contribution in [1.82, 2.24) is 5.32 Å². The van der Waals surface area contributed by atoms with Crippen LogP contribution >= 0.6 is 0 Å². The van der Waals surface area contributed by atoms with Crippen molar-refractivity contribution in [3.8, 4) is 0 Å². The van der Waals surface area contributed by atoms with Crippen LogP contribution in [0.1, 0.15) is 12.0 Å². The number of fused-ring (bicyclic) bond motifs is 1. The molecular formula is C21H23N3O4. The first-order valence-corrected chi connectivity index (χ1v) is 9.13. The van der Waals surface area contributed by atoms with E-state index in [2.05, 4.69) is 10.6 Å². The van der Waals surface area contributed by atoms with Gasteiger partial charge in [0, 0.05) is 13.0 Å². The van der Waals surface area contributed by atoms with E-state index in [1.54, 1.807) is 12.1 Å². The van der Waals surface area contributed by atoms with E-state index < -0.39 is 12.0 Å². The molecular weight excluding hydrogens is 358 g/mol. The van der Waals surface area contributed by atoms with Crippen LogP contribution in [0, 0.1) is 0 Å². The van der Waals surface area contributed by atoms with Gasteiger partial charge in [0.05, 0.1) is 18.5 Å². The first kappa shape index (κ1) is 19.4. The molecule has 7 heteroatoms. The van der Waals surface area contributed by atoms with Crippen LogP contribution < -0.4 is 15.5 Å². The summed E-state index contributed by atoms with van der Waals surface area (Å²) in [5, 5.41) is 5.97. The van der Waals surface area contributed by atoms with Crippen molar-refractivity contribution in [2.24, 2.45) is 0 Å². The molecule has 1 aliphatic rings. The predicted molar refractivity (Wildman–Crippen MR) is 106 cm³/mol. The van der Waals surface area contributed by atoms with Gasteiger partial charge < -0.3 is 15.4 Å². The molecule has 2 N–H and O–H groups in total. The van der Waals surface area contributed by atoms with Gasteiger partial charge in [0.25, 0.3) is 5.91 Å². The van der Waals surface area contributed by atoms with E-state index in [9.17, 15) is 14.4 Å². The number of para-hydroxylation sites is 2. The van der Waals surface area contributed by atoms with Gasteiger partial charge in [-0.3, -0.25) is 19.3 Å². The summed E-state index contributed by atoms with van der Waals surface area (Å²) in [5.74, 6) is -1.09. The number of carbonyl (C=O) groups is 3. The molecule has 0 aromatic heterocycles. The van der Waals surface area contributed by atoms with E-state index in [0.29, 0.717) is 12.1 Å². The molecule has 146 valence electrons. The molecule has 0 spiro atoms. The highest BCUT2D eigenvalue weighted by atomic mass is 16.5. The molecule has 0 aliphatic carbocycles. The van der Waals surface area contributed by atoms with Gasteiger partial charge in [-0.15, -0.1) is 0 Å². The van der Waals surface area contributed by atoms with Crippen LogP contribution in [0.4, 0.5) is 11.4 Å². The van der Waals surface area contributed by atoms with Crippen LogP contribution in [0.3, 0.4) is 0 Å². The summed E-state index contributed by atoms with van der Waals surface area (Å²) in [6.07, 6.45) is 0.866. The number of nitrogens with one attached hydrogen (secondary N) is 2. The highest BCUT2D eigenvalue weighted by molar-refractivity contribution is 6.05. The minimum absolute atomic E-state index is 0.215. The number of hydrogen-bond acceptors (Lipinski definition) is 5. The third kappa shape index (κ3) is 4.68. The Morgan fingerprint density at radius 2 is 1.86 bits per heavy atom. The van der Waals surface area contributed by atoms with Crippen molar-refractivity contribution in [1.29, 1.82) is 0 Å². The van der Waals surface area contributed by atoms with E-state index in [4.69, 9.17) is 4.74 Å². The lowest BCUT2D eigenvalue weighted by atomic mass is 10.1. The number of rotatable bonds is 6. The van der Waals surface area contributed by atoms with E-state index >= 15 is 0 Å². The van der Waals surface area contributed by atoms with Gasteiger partial charge in [-0.05, 0) is 24.1 Å². The highest BCUT2D eigenvalue weighted by Gasteiger charge is 2.32. The number of esters is 1. The number of carbonyl (C=O) groups excluding carboxylic acids is 3. The zero-order valence-corrected chi connectivity index (χ0v) is 15.7. The zero-order valence-electron chi connectivity index (χ0n) is 15.7. The van der Waals surface area contributed by atoms with Gasteiger partial charge in [-0.25, -0.2) is 0 Å². The summed E-state index contributed by atoms with van der Waals surface area (Å²) in [6, 6.07) is 16.1. The maximum absolute atomic E-state index is 13.0. The molecule has 7 nitrogen and oxygen atoms in total. The lowest BCUT2D eigenvalue weighted by molar-refractivity contribution is -0.140. The van der Waals surface area contributed by atoms with Crippen molar-refractivity contribution < 1.29 is 19.1 Å². The summed E-state index contributed by atoms with van der Waals surface area (Å²) < 4.78 is 4.72. The SMILES string of the molecule is COC(=O)CN1C(=O)[C@@H](NC(=O)CCc2ccccc2)CNc2ccccc21. The monoisotopic (exact) mass is 381 g/mol. The zero-order chi connectivity index (χ0) is 19.9. The summed E-state index contributed by atoms with van der Waals surface area (Å²) in [7, 11) is 1.28. The minimum Gasteiger partial charge on any atom is -0.468 e. The number of amides is 2. The molecule has 0 saturated carbocycles. The number of aryl methyl sites for hydroxylation is 1. The molecule has 1 atom stereocenters. The summed E-state index contributed by atoms with van der Waals surface area (Å²) in [4.78, 5) is 38.6. The van der Waals surface area contributed by atoms with E-state index in [1.165, 1.54) is 12.0 Å². The molecule has 2 amide bonds. The lowest BCUT2D eigenvalue weighted by Gasteiger charge is -2.24. The Balaban J connectivity index is 1.70. The van der Waals surface area contributed by atoms with Crippen LogP contribution in [0.5, 0.6) is 0 Å². The number of benzene rings is 2. The van der Waals surface area contributed by atoms with Crippen molar-refractivity contribution in [2.75, 3.05) is 30.4 Å². The Hall–Kier alpha value is -3.35. The quantitative estimate of drug-likeness (QED) is 0.744. The lowest BCUT2D eigenvalue weighted by Crippen LogP contribution is -2.51. The smallest absolute Gasteiger partial charge is 0.325 e. The molecule has 0 bridgehead atoms. The van der Waals surface area contributed by atoms with Crippen LogP contribution in [0.15, 0.2) is 54.6 Å². The second-order valence-corrected chi connectivity index (χ2v) is 6.50. The standard InChI is InChI=1S/C21H23N3O4/c1-28-20(26)14-24-18-10-6-5-9-16(18)22-13-17(21(24)27)23-19(25)12-11-15-7-3-2-4-8-15/h2-10,17,22H,11-14H2,1H3,(H,23,25)/t17-/m0/s1. The number of anilines is 2. The van der Waals surface area contributed by atoms with Crippen LogP contribution in [-0.4, -0.2) is 44.0 Å². The van der Waals surface area contributed by atoms with Crippen LogP contribution in [-0.2, 0) is 25.5 Å². The molecule has 3 rings (SSSR count). The van der Waals surface area contributed by atoms with Crippen molar-refractivity contribution in [3.05, 3.63) is 60.2 Å². The Kier molecular flexibility index (Phi) is 6.26. The molecule has 0 unspecified atom stereocenters. The van der Waals surface area contributed by atoms with Crippen molar-refractivity contribution in [3.63, 3.8) is 0 Å². The van der Waals surface area contributed by atoms with Gasteiger partial charge >= 0.3 is 5.97 Å². The van der Waals surface area contributed by atoms with E-state index in [-0.39, 0.29) is 31.3 Å². The van der Waals surface area contributed by atoms with Crippen molar-refractivity contribution >= 4 is 29.2 Å². The summed E-state index contributed by atoms with van der Waals surface area (Å²) >= 11 is 0. The Morgan fingerprint density at radius 3 is 2.61 bits per heavy atom. The van der Waals surface area contributed by atoms with Gasteiger partial charge in [0.1, 0.15) is 12.6 Å². The average Bonchev–Trinajstić information content (AvgIpc) is 2.85. The molecule has 1 heterocycles. The Labute approximate surface area is 163 Å². The maximum atomic E-state index is 13.0. The third-order valence-electron chi connectivity index (χ3n) is 4.59. The number of nitrogens with zero attached hydrogens (tertiary/aromatic N) is 1. The third-order valence-corrected chi connectivity index (χ3v) is 4.59. The summed E-state index contributed by atoms with van der Waals surface area (Å²) in [5.41, 5.74) is 2.36. The van der Waals surface area contributed by atoms with Crippen LogP contribution in [0.2, 0.25) is 0 Å². The fourth-order valence-electron chi connectivity index (χ4n) is 3.10. The second kappa shape index (κ2) is 9.03. The Morgan fingerprint density at radius 1 is 1.14 bits per heavy atom. The van der Waals surface area contributed by atoms with Gasteiger partial charge in [-0.2, -0.15) is 0 Å². The first-order valence-electron chi connectivity index (χ1n) is 9.13. The Bertz CT molecular complexity index is 854. The maximum Gasteiger partial charge on any atom is 0.325 e. The number of hydrogen-bond donors (Lipinski definition) is 2. The fraction of sp³-hybridized carbons (Fsp3) is 0.286. The van der Waals surface area contributed by atoms with Crippen molar-refractivity contribution in [2.45, 2.75) is 18.9 Å². The molecule has 2 aromatic carbocycles. The largest absolute Gasteiger partial charge is 0.468 e.